The molecule has 1 heterocycles. The molecule has 40 heavy (non-hydrogen) atoms. The van der Waals surface area contributed by atoms with Crippen LogP contribution in [0, 0.1) is 18.8 Å². The van der Waals surface area contributed by atoms with Gasteiger partial charge in [0.15, 0.2) is 0 Å². The van der Waals surface area contributed by atoms with E-state index < -0.39 is 12.0 Å². The number of aliphatic hydroxyl groups is 1. The van der Waals surface area contributed by atoms with Crippen LogP contribution >= 0.6 is 11.8 Å². The third-order valence-electron chi connectivity index (χ3n) is 8.01. The number of fused-ring (bicyclic) bond motifs is 1. The molecule has 2 fully saturated rings. The molecule has 0 radical (unpaired) electrons. The van der Waals surface area contributed by atoms with Gasteiger partial charge in [0.1, 0.15) is 11.9 Å². The molecule has 0 bridgehead atoms. The molecule has 4 atom stereocenters. The number of likely N-dealkylation sites (tertiary alicyclic amines) is 1. The molecule has 2 aliphatic rings. The highest BCUT2D eigenvalue weighted by Gasteiger charge is 2.41. The Morgan fingerprint density at radius 2 is 1.77 bits per heavy atom. The van der Waals surface area contributed by atoms with Gasteiger partial charge in [-0.1, -0.05) is 43.5 Å². The SMILES string of the molecule is Cc1c(O)cccc1C(=O)N=C(CSc1ccccc1)[C@H](O)CN1C[C@H]2CCCC[C@H]2C[C@H]1C(=O)NC(C)(C)C. The largest absolute Gasteiger partial charge is 0.508 e. The summed E-state index contributed by atoms with van der Waals surface area (Å²) in [6, 6.07) is 14.3. The minimum absolute atomic E-state index is 0.00710. The molecule has 0 aromatic heterocycles. The van der Waals surface area contributed by atoms with E-state index in [-0.39, 0.29) is 29.8 Å². The van der Waals surface area contributed by atoms with E-state index >= 15 is 0 Å². The summed E-state index contributed by atoms with van der Waals surface area (Å²) in [6.45, 7) is 8.61. The highest BCUT2D eigenvalue weighted by molar-refractivity contribution is 8.00. The number of β-amino-alcohol motifs (C(OH)–C–C–N with tert-alkyl or cyclic N) is 1. The molecule has 2 aromatic carbocycles. The number of hydrogen-bond donors (Lipinski definition) is 3. The van der Waals surface area contributed by atoms with Crippen molar-refractivity contribution in [3.8, 4) is 5.75 Å². The summed E-state index contributed by atoms with van der Waals surface area (Å²) in [6.07, 6.45) is 4.47. The standard InChI is InChI=1S/C32H43N3O4S/c1-21-25(15-10-16-28(21)36)30(38)33-26(20-40-24-13-6-5-7-14-24)29(37)19-35-18-23-12-9-8-11-22(23)17-27(35)31(39)34-32(2,3)4/h5-7,10,13-16,22-23,27,29,36-37H,8-9,11-12,17-20H2,1-4H3,(H,34,39)/t22-,23+,27-,29+/m0/s1. The van der Waals surface area contributed by atoms with Crippen molar-refractivity contribution in [2.45, 2.75) is 82.4 Å². The fraction of sp³-hybridized carbons (Fsp3) is 0.531. The maximum Gasteiger partial charge on any atom is 0.277 e. The van der Waals surface area contributed by atoms with Crippen LogP contribution in [0.1, 0.15) is 68.8 Å². The van der Waals surface area contributed by atoms with Gasteiger partial charge in [-0.15, -0.1) is 11.8 Å². The number of amides is 2. The molecule has 4 rings (SSSR count). The number of aromatic hydroxyl groups is 1. The second kappa shape index (κ2) is 13.3. The summed E-state index contributed by atoms with van der Waals surface area (Å²) < 4.78 is 0. The smallest absolute Gasteiger partial charge is 0.277 e. The van der Waals surface area contributed by atoms with Gasteiger partial charge in [0.25, 0.3) is 5.91 Å². The second-order valence-electron chi connectivity index (χ2n) is 12.2. The highest BCUT2D eigenvalue weighted by atomic mass is 32.2. The van der Waals surface area contributed by atoms with E-state index in [9.17, 15) is 19.8 Å². The Kier molecular flexibility index (Phi) is 10.1. The molecule has 3 N–H and O–H groups in total. The van der Waals surface area contributed by atoms with Crippen molar-refractivity contribution in [1.29, 1.82) is 0 Å². The van der Waals surface area contributed by atoms with E-state index in [2.05, 4.69) is 15.2 Å². The molecule has 1 aliphatic heterocycles. The fourth-order valence-electron chi connectivity index (χ4n) is 5.88. The number of thioether (sulfide) groups is 1. The number of phenolic OH excluding ortho intramolecular Hbond substituents is 1. The monoisotopic (exact) mass is 565 g/mol. The number of benzene rings is 2. The van der Waals surface area contributed by atoms with Crippen LogP contribution in [-0.2, 0) is 4.79 Å². The van der Waals surface area contributed by atoms with Gasteiger partial charge in [-0.3, -0.25) is 14.5 Å². The summed E-state index contributed by atoms with van der Waals surface area (Å²) in [5, 5.41) is 24.8. The van der Waals surface area contributed by atoms with Gasteiger partial charge in [-0.2, -0.15) is 0 Å². The molecule has 0 unspecified atom stereocenters. The number of hydrogen-bond acceptors (Lipinski definition) is 6. The first-order valence-electron chi connectivity index (χ1n) is 14.3. The lowest BCUT2D eigenvalue weighted by Crippen LogP contribution is -2.59. The van der Waals surface area contributed by atoms with Crippen molar-refractivity contribution < 1.29 is 19.8 Å². The van der Waals surface area contributed by atoms with E-state index in [0.717, 1.165) is 30.7 Å². The molecule has 2 aromatic rings. The lowest BCUT2D eigenvalue weighted by molar-refractivity contribution is -0.132. The van der Waals surface area contributed by atoms with Gasteiger partial charge >= 0.3 is 0 Å². The molecule has 7 nitrogen and oxygen atoms in total. The van der Waals surface area contributed by atoms with Gasteiger partial charge < -0.3 is 15.5 Å². The number of nitrogens with zero attached hydrogens (tertiary/aromatic N) is 2. The van der Waals surface area contributed by atoms with E-state index in [4.69, 9.17) is 0 Å². The van der Waals surface area contributed by atoms with Crippen LogP contribution in [0.2, 0.25) is 0 Å². The van der Waals surface area contributed by atoms with Crippen LogP contribution in [0.15, 0.2) is 58.4 Å². The van der Waals surface area contributed by atoms with Crippen molar-refractivity contribution in [1.82, 2.24) is 10.2 Å². The van der Waals surface area contributed by atoms with Gasteiger partial charge in [0.05, 0.1) is 11.8 Å². The Balaban J connectivity index is 1.59. The fourth-order valence-corrected chi connectivity index (χ4v) is 6.80. The topological polar surface area (TPSA) is 102 Å². The first-order chi connectivity index (χ1) is 19.0. The van der Waals surface area contributed by atoms with Crippen LogP contribution in [0.5, 0.6) is 5.75 Å². The van der Waals surface area contributed by atoms with Crippen LogP contribution < -0.4 is 5.32 Å². The Hall–Kier alpha value is -2.68. The van der Waals surface area contributed by atoms with Crippen LogP contribution in [0.3, 0.4) is 0 Å². The van der Waals surface area contributed by atoms with E-state index in [1.807, 2.05) is 51.1 Å². The average Bonchev–Trinajstić information content (AvgIpc) is 2.91. The van der Waals surface area contributed by atoms with Gasteiger partial charge in [-0.05, 0) is 76.6 Å². The first kappa shape index (κ1) is 30.3. The number of aliphatic imine (C=N–C) groups is 1. The molecular formula is C32H43N3O4S. The van der Waals surface area contributed by atoms with Crippen LogP contribution in [0.25, 0.3) is 0 Å². The maximum absolute atomic E-state index is 13.4. The van der Waals surface area contributed by atoms with E-state index in [0.29, 0.717) is 34.4 Å². The quantitative estimate of drug-likeness (QED) is 0.299. The maximum atomic E-state index is 13.4. The third kappa shape index (κ3) is 7.95. The molecule has 0 spiro atoms. The van der Waals surface area contributed by atoms with Crippen LogP contribution in [0.4, 0.5) is 0 Å². The molecule has 1 aliphatic carbocycles. The Bertz CT molecular complexity index is 1210. The summed E-state index contributed by atoms with van der Waals surface area (Å²) in [4.78, 5) is 34.2. The number of aliphatic hydroxyl groups excluding tert-OH is 1. The Morgan fingerprint density at radius 1 is 1.07 bits per heavy atom. The zero-order valence-electron chi connectivity index (χ0n) is 24.1. The minimum atomic E-state index is -1.03. The summed E-state index contributed by atoms with van der Waals surface area (Å²) in [5.74, 6) is 0.889. The second-order valence-corrected chi connectivity index (χ2v) is 13.3. The summed E-state index contributed by atoms with van der Waals surface area (Å²) >= 11 is 1.51. The molecular weight excluding hydrogens is 522 g/mol. The van der Waals surface area contributed by atoms with Crippen molar-refractivity contribution in [3.63, 3.8) is 0 Å². The van der Waals surface area contributed by atoms with Gasteiger partial charge in [0, 0.05) is 40.4 Å². The summed E-state index contributed by atoms with van der Waals surface area (Å²) in [5.41, 5.74) is 0.774. The predicted molar refractivity (Wildman–Crippen MR) is 161 cm³/mol. The molecule has 1 saturated heterocycles. The minimum Gasteiger partial charge on any atom is -0.508 e. The Labute approximate surface area is 242 Å². The van der Waals surface area contributed by atoms with E-state index in [1.54, 1.807) is 19.1 Å². The van der Waals surface area contributed by atoms with Crippen molar-refractivity contribution in [2.24, 2.45) is 16.8 Å². The first-order valence-corrected chi connectivity index (χ1v) is 15.3. The molecule has 8 heteroatoms. The normalized spacial score (nSPS) is 22.8. The number of piperidine rings is 1. The van der Waals surface area contributed by atoms with Crippen LogP contribution in [-0.4, -0.2) is 69.2 Å². The lowest BCUT2D eigenvalue weighted by Gasteiger charge is -2.46. The molecule has 216 valence electrons. The zero-order valence-corrected chi connectivity index (χ0v) is 24.9. The van der Waals surface area contributed by atoms with Crippen molar-refractivity contribution >= 4 is 29.3 Å². The molecule has 2 amide bonds. The predicted octanol–water partition coefficient (Wildman–Crippen LogP) is 5.23. The van der Waals surface area contributed by atoms with E-state index in [1.165, 1.54) is 30.7 Å². The number of rotatable bonds is 8. The number of carbonyl (C=O) groups excluding carboxylic acids is 2. The highest BCUT2D eigenvalue weighted by Crippen LogP contribution is 2.39. The van der Waals surface area contributed by atoms with Crippen molar-refractivity contribution in [3.05, 3.63) is 59.7 Å². The Morgan fingerprint density at radius 3 is 2.48 bits per heavy atom. The van der Waals surface area contributed by atoms with Crippen molar-refractivity contribution in [2.75, 3.05) is 18.8 Å². The number of phenols is 1. The molecule has 1 saturated carbocycles. The zero-order chi connectivity index (χ0) is 28.9. The van der Waals surface area contributed by atoms with Gasteiger partial charge in [0.2, 0.25) is 5.91 Å². The average molecular weight is 566 g/mol. The summed E-state index contributed by atoms with van der Waals surface area (Å²) in [7, 11) is 0. The lowest BCUT2D eigenvalue weighted by atomic mass is 9.72. The number of nitrogens with one attached hydrogen (secondary N) is 1. The van der Waals surface area contributed by atoms with Gasteiger partial charge in [-0.25, -0.2) is 4.99 Å². The number of carbonyl (C=O) groups is 2. The third-order valence-corrected chi connectivity index (χ3v) is 9.05.